The molecule has 1 aromatic rings. The molecule has 0 aliphatic heterocycles. The Morgan fingerprint density at radius 3 is 2.20 bits per heavy atom. The lowest BCUT2D eigenvalue weighted by molar-refractivity contribution is 0.0133. The summed E-state index contributed by atoms with van der Waals surface area (Å²) in [6, 6.07) is 7.61. The van der Waals surface area contributed by atoms with E-state index in [2.05, 4.69) is 6.58 Å². The van der Waals surface area contributed by atoms with Gasteiger partial charge >= 0.3 is 0 Å². The molecular formula is C13H16F2. The molecule has 0 nitrogen and oxygen atoms in total. The molecule has 15 heavy (non-hydrogen) atoms. The van der Waals surface area contributed by atoms with Gasteiger partial charge in [0.05, 0.1) is 0 Å². The highest BCUT2D eigenvalue weighted by Crippen LogP contribution is 2.20. The maximum atomic E-state index is 12.6. The predicted octanol–water partition coefficient (Wildman–Crippen LogP) is 4.31. The van der Waals surface area contributed by atoms with E-state index in [0.717, 1.165) is 23.6 Å². The Labute approximate surface area is 89.6 Å². The van der Waals surface area contributed by atoms with Crippen LogP contribution in [0.5, 0.6) is 0 Å². The molecule has 1 aromatic carbocycles. The quantitative estimate of drug-likeness (QED) is 0.694. The zero-order valence-corrected chi connectivity index (χ0v) is 9.19. The molecule has 82 valence electrons. The van der Waals surface area contributed by atoms with Crippen LogP contribution in [0.15, 0.2) is 30.8 Å². The third-order valence-electron chi connectivity index (χ3n) is 2.30. The van der Waals surface area contributed by atoms with Gasteiger partial charge in [-0.25, -0.2) is 8.78 Å². The van der Waals surface area contributed by atoms with Gasteiger partial charge in [0.25, 0.3) is 0 Å². The molecule has 0 radical (unpaired) electrons. The van der Waals surface area contributed by atoms with E-state index < -0.39 is 5.92 Å². The van der Waals surface area contributed by atoms with Crippen molar-refractivity contribution in [1.29, 1.82) is 0 Å². The molecule has 0 unspecified atom stereocenters. The fraction of sp³-hybridized carbons (Fsp3) is 0.385. The highest BCUT2D eigenvalue weighted by molar-refractivity contribution is 5.61. The monoisotopic (exact) mass is 210 g/mol. The van der Waals surface area contributed by atoms with Gasteiger partial charge in [-0.15, -0.1) is 0 Å². The third kappa shape index (κ3) is 4.24. The first-order chi connectivity index (χ1) is 6.88. The molecule has 0 spiro atoms. The van der Waals surface area contributed by atoms with Gasteiger partial charge in [-0.1, -0.05) is 36.4 Å². The van der Waals surface area contributed by atoms with E-state index >= 15 is 0 Å². The average molecular weight is 210 g/mol. The van der Waals surface area contributed by atoms with Crippen molar-refractivity contribution in [2.75, 3.05) is 0 Å². The van der Waals surface area contributed by atoms with Crippen molar-refractivity contribution < 1.29 is 8.78 Å². The minimum Gasteiger partial charge on any atom is -0.207 e. The Morgan fingerprint density at radius 1 is 1.27 bits per heavy atom. The van der Waals surface area contributed by atoms with E-state index in [-0.39, 0.29) is 6.42 Å². The highest BCUT2D eigenvalue weighted by Gasteiger charge is 2.20. The summed E-state index contributed by atoms with van der Waals surface area (Å²) in [6.07, 6.45) is 0.319. The lowest BCUT2D eigenvalue weighted by Gasteiger charge is -2.09. The maximum absolute atomic E-state index is 12.6. The molecule has 0 saturated heterocycles. The minimum atomic E-state index is -2.58. The third-order valence-corrected chi connectivity index (χ3v) is 2.30. The number of hydrogen-bond donors (Lipinski definition) is 0. The van der Waals surface area contributed by atoms with E-state index in [1.165, 1.54) is 0 Å². The number of rotatable bonds is 4. The highest BCUT2D eigenvalue weighted by atomic mass is 19.3. The van der Waals surface area contributed by atoms with Gasteiger partial charge in [0.1, 0.15) is 0 Å². The van der Waals surface area contributed by atoms with Crippen LogP contribution in [-0.4, -0.2) is 5.92 Å². The van der Waals surface area contributed by atoms with Crippen molar-refractivity contribution in [2.24, 2.45) is 0 Å². The van der Waals surface area contributed by atoms with Crippen molar-refractivity contribution in [3.63, 3.8) is 0 Å². The number of alkyl halides is 2. The van der Waals surface area contributed by atoms with Gasteiger partial charge < -0.3 is 0 Å². The zero-order chi connectivity index (χ0) is 11.5. The minimum absolute atomic E-state index is 0.0978. The summed E-state index contributed by atoms with van der Waals surface area (Å²) >= 11 is 0. The summed E-state index contributed by atoms with van der Waals surface area (Å²) in [4.78, 5) is 0. The van der Waals surface area contributed by atoms with Crippen LogP contribution in [0.3, 0.4) is 0 Å². The second-order valence-corrected chi connectivity index (χ2v) is 4.05. The summed E-state index contributed by atoms with van der Waals surface area (Å²) in [5.41, 5.74) is 2.99. The number of benzene rings is 1. The summed E-state index contributed by atoms with van der Waals surface area (Å²) in [5, 5.41) is 0. The molecule has 0 saturated carbocycles. The molecule has 0 fully saturated rings. The Balaban J connectivity index is 2.61. The number of hydrogen-bond acceptors (Lipinski definition) is 0. The molecule has 0 aliphatic carbocycles. The van der Waals surface area contributed by atoms with Gasteiger partial charge in [0, 0.05) is 6.42 Å². The topological polar surface area (TPSA) is 0 Å². The van der Waals surface area contributed by atoms with Crippen molar-refractivity contribution in [3.05, 3.63) is 42.0 Å². The standard InChI is InChI=1S/C13H16F2/c1-10(2)12-6-4-11(5-7-12)8-9-13(3,14)15/h4-7H,1,8-9H2,2-3H3. The maximum Gasteiger partial charge on any atom is 0.245 e. The summed E-state index contributed by atoms with van der Waals surface area (Å²) in [6.45, 7) is 6.70. The van der Waals surface area contributed by atoms with E-state index in [9.17, 15) is 8.78 Å². The predicted molar refractivity (Wildman–Crippen MR) is 60.1 cm³/mol. The lowest BCUT2D eigenvalue weighted by Crippen LogP contribution is -2.10. The molecule has 1 rings (SSSR count). The Hall–Kier alpha value is -1.18. The molecule has 0 aromatic heterocycles. The zero-order valence-electron chi connectivity index (χ0n) is 9.19. The van der Waals surface area contributed by atoms with Crippen molar-refractivity contribution in [3.8, 4) is 0 Å². The van der Waals surface area contributed by atoms with Gasteiger partial charge in [-0.3, -0.25) is 0 Å². The average Bonchev–Trinajstić information content (AvgIpc) is 2.14. The molecule has 0 atom stereocenters. The Bertz CT molecular complexity index is 331. The molecular weight excluding hydrogens is 194 g/mol. The fourth-order valence-corrected chi connectivity index (χ4v) is 1.32. The smallest absolute Gasteiger partial charge is 0.207 e. The van der Waals surface area contributed by atoms with Crippen LogP contribution in [-0.2, 0) is 6.42 Å². The number of allylic oxidation sites excluding steroid dienone is 1. The first-order valence-electron chi connectivity index (χ1n) is 5.01. The molecule has 0 amide bonds. The van der Waals surface area contributed by atoms with Crippen molar-refractivity contribution in [2.45, 2.75) is 32.6 Å². The van der Waals surface area contributed by atoms with Gasteiger partial charge in [0.15, 0.2) is 0 Å². The van der Waals surface area contributed by atoms with Gasteiger partial charge in [-0.05, 0) is 31.4 Å². The number of aryl methyl sites for hydroxylation is 1. The second kappa shape index (κ2) is 4.56. The van der Waals surface area contributed by atoms with Crippen LogP contribution in [0.1, 0.15) is 31.4 Å². The molecule has 0 heterocycles. The van der Waals surface area contributed by atoms with E-state index in [1.807, 2.05) is 31.2 Å². The second-order valence-electron chi connectivity index (χ2n) is 4.05. The molecule has 0 bridgehead atoms. The lowest BCUT2D eigenvalue weighted by atomic mass is 10.0. The SMILES string of the molecule is C=C(C)c1ccc(CCC(C)(F)F)cc1. The number of halogens is 2. The van der Waals surface area contributed by atoms with Crippen LogP contribution in [0.2, 0.25) is 0 Å². The van der Waals surface area contributed by atoms with E-state index in [0.29, 0.717) is 6.42 Å². The van der Waals surface area contributed by atoms with Crippen LogP contribution in [0.25, 0.3) is 5.57 Å². The van der Waals surface area contributed by atoms with Crippen molar-refractivity contribution in [1.82, 2.24) is 0 Å². The summed E-state index contributed by atoms with van der Waals surface area (Å²) in [7, 11) is 0. The first-order valence-corrected chi connectivity index (χ1v) is 5.01. The van der Waals surface area contributed by atoms with Crippen LogP contribution < -0.4 is 0 Å². The summed E-state index contributed by atoms with van der Waals surface area (Å²) < 4.78 is 25.2. The largest absolute Gasteiger partial charge is 0.245 e. The molecule has 0 aliphatic rings. The van der Waals surface area contributed by atoms with Crippen molar-refractivity contribution >= 4 is 5.57 Å². The molecule has 0 N–H and O–H groups in total. The fourth-order valence-electron chi connectivity index (χ4n) is 1.32. The van der Waals surface area contributed by atoms with Gasteiger partial charge in [0.2, 0.25) is 5.92 Å². The summed E-state index contributed by atoms with van der Waals surface area (Å²) in [5.74, 6) is -2.58. The van der Waals surface area contributed by atoms with Crippen LogP contribution in [0, 0.1) is 0 Å². The van der Waals surface area contributed by atoms with Crippen LogP contribution in [0.4, 0.5) is 8.78 Å². The molecule has 2 heteroatoms. The first kappa shape index (κ1) is 11.9. The van der Waals surface area contributed by atoms with Crippen LogP contribution >= 0.6 is 0 Å². The van der Waals surface area contributed by atoms with E-state index in [4.69, 9.17) is 0 Å². The Morgan fingerprint density at radius 2 is 1.80 bits per heavy atom. The van der Waals surface area contributed by atoms with Gasteiger partial charge in [-0.2, -0.15) is 0 Å². The van der Waals surface area contributed by atoms with E-state index in [1.54, 1.807) is 0 Å². The Kier molecular flexibility index (Phi) is 3.61. The normalized spacial score (nSPS) is 11.5.